The highest BCUT2D eigenvalue weighted by atomic mass is 79.9. The molecule has 0 saturated heterocycles. The lowest BCUT2D eigenvalue weighted by Gasteiger charge is -2.14. The third-order valence-corrected chi connectivity index (χ3v) is 6.87. The maximum atomic E-state index is 11.9. The molecule has 0 aliphatic carbocycles. The summed E-state index contributed by atoms with van der Waals surface area (Å²) >= 11 is 7.14. The van der Waals surface area contributed by atoms with E-state index in [2.05, 4.69) is 52.5 Å². The van der Waals surface area contributed by atoms with Crippen molar-refractivity contribution in [3.05, 3.63) is 97.6 Å². The first-order valence-corrected chi connectivity index (χ1v) is 11.9. The van der Waals surface area contributed by atoms with E-state index in [1.807, 2.05) is 72.8 Å². The lowest BCUT2D eigenvalue weighted by Crippen LogP contribution is -2.07. The van der Waals surface area contributed by atoms with Crippen LogP contribution in [0.25, 0.3) is 21.5 Å². The third-order valence-electron chi connectivity index (χ3n) is 5.48. The molecule has 1 aromatic heterocycles. The number of hydrogen-bond acceptors (Lipinski definition) is 6. The number of halogens is 2. The first kappa shape index (κ1) is 22.2. The van der Waals surface area contributed by atoms with Gasteiger partial charge in [0.2, 0.25) is 11.8 Å². The van der Waals surface area contributed by atoms with Crippen molar-refractivity contribution in [2.24, 2.45) is 0 Å². The minimum absolute atomic E-state index is 0.119. The van der Waals surface area contributed by atoms with Crippen LogP contribution in [0.15, 0.2) is 81.7 Å². The van der Waals surface area contributed by atoms with Crippen molar-refractivity contribution in [1.29, 1.82) is 0 Å². The molecular formula is C25H17Br2N5O2. The molecule has 0 amide bonds. The van der Waals surface area contributed by atoms with Gasteiger partial charge < -0.3 is 10.6 Å². The Labute approximate surface area is 211 Å². The molecule has 1 heterocycles. The van der Waals surface area contributed by atoms with Gasteiger partial charge in [-0.05, 0) is 42.0 Å². The van der Waals surface area contributed by atoms with Gasteiger partial charge in [-0.25, -0.2) is 4.98 Å². The first-order valence-electron chi connectivity index (χ1n) is 10.3. The van der Waals surface area contributed by atoms with Gasteiger partial charge in [-0.1, -0.05) is 80.4 Å². The lowest BCUT2D eigenvalue weighted by atomic mass is 10.1. The van der Waals surface area contributed by atoms with Gasteiger partial charge in [0.15, 0.2) is 0 Å². The Morgan fingerprint density at radius 2 is 1.24 bits per heavy atom. The Morgan fingerprint density at radius 1 is 0.735 bits per heavy atom. The molecule has 0 fully saturated rings. The second-order valence-corrected chi connectivity index (χ2v) is 9.33. The smallest absolute Gasteiger partial charge is 0.332 e. The van der Waals surface area contributed by atoms with Crippen LogP contribution < -0.4 is 10.6 Å². The van der Waals surface area contributed by atoms with Gasteiger partial charge in [-0.15, -0.1) is 0 Å². The molecular weight excluding hydrogens is 562 g/mol. The Morgan fingerprint density at radius 3 is 1.76 bits per heavy atom. The second kappa shape index (κ2) is 9.00. The number of nitrogens with zero attached hydrogens (tertiary/aromatic N) is 3. The molecule has 0 aliphatic heterocycles. The third kappa shape index (κ3) is 4.08. The topological polar surface area (TPSA) is 93.0 Å². The minimum atomic E-state index is -0.461. The SMILES string of the molecule is Cc1nc(Nc2ccc(Br)c3ccccc23)nc(Nc2ccc(Br)c3ccccc23)c1[N+](=O)[O-]. The van der Waals surface area contributed by atoms with E-state index in [0.29, 0.717) is 5.69 Å². The average molecular weight is 579 g/mol. The Balaban J connectivity index is 1.61. The summed E-state index contributed by atoms with van der Waals surface area (Å²) in [6, 6.07) is 23.3. The Bertz CT molecular complexity index is 1590. The number of nitrogens with one attached hydrogen (secondary N) is 2. The van der Waals surface area contributed by atoms with Crippen LogP contribution in [-0.2, 0) is 0 Å². The van der Waals surface area contributed by atoms with Crippen molar-refractivity contribution in [1.82, 2.24) is 9.97 Å². The molecule has 9 heteroatoms. The predicted octanol–water partition coefficient (Wildman–Crippen LogP) is 8.01. The minimum Gasteiger partial charge on any atom is -0.334 e. The number of benzene rings is 4. The molecule has 5 rings (SSSR count). The van der Waals surface area contributed by atoms with Crippen molar-refractivity contribution in [2.75, 3.05) is 10.6 Å². The summed E-state index contributed by atoms with van der Waals surface area (Å²) in [5, 5.41) is 22.2. The molecule has 0 bridgehead atoms. The van der Waals surface area contributed by atoms with Gasteiger partial charge >= 0.3 is 5.69 Å². The Hall–Kier alpha value is -3.56. The molecule has 0 radical (unpaired) electrons. The van der Waals surface area contributed by atoms with Crippen LogP contribution in [0, 0.1) is 17.0 Å². The fourth-order valence-electron chi connectivity index (χ4n) is 3.92. The summed E-state index contributed by atoms with van der Waals surface area (Å²) < 4.78 is 1.91. The van der Waals surface area contributed by atoms with Gasteiger partial charge in [0.1, 0.15) is 5.69 Å². The van der Waals surface area contributed by atoms with E-state index in [4.69, 9.17) is 0 Å². The van der Waals surface area contributed by atoms with Crippen molar-refractivity contribution in [3.63, 3.8) is 0 Å². The second-order valence-electron chi connectivity index (χ2n) is 7.62. The summed E-state index contributed by atoms with van der Waals surface area (Å²) in [6.45, 7) is 1.61. The molecule has 0 unspecified atom stereocenters. The molecule has 4 aromatic carbocycles. The van der Waals surface area contributed by atoms with Crippen LogP contribution in [0.4, 0.5) is 28.8 Å². The quantitative estimate of drug-likeness (QED) is 0.162. The van der Waals surface area contributed by atoms with E-state index < -0.39 is 4.92 Å². The average Bonchev–Trinajstić information content (AvgIpc) is 2.82. The predicted molar refractivity (Wildman–Crippen MR) is 143 cm³/mol. The highest BCUT2D eigenvalue weighted by Crippen LogP contribution is 2.36. The maximum Gasteiger partial charge on any atom is 0.332 e. The van der Waals surface area contributed by atoms with E-state index in [9.17, 15) is 10.1 Å². The number of hydrogen-bond donors (Lipinski definition) is 2. The first-order chi connectivity index (χ1) is 16.4. The van der Waals surface area contributed by atoms with Crippen LogP contribution in [-0.4, -0.2) is 14.9 Å². The summed E-state index contributed by atoms with van der Waals surface area (Å²) in [5.41, 5.74) is 1.60. The van der Waals surface area contributed by atoms with E-state index >= 15 is 0 Å². The zero-order valence-corrected chi connectivity index (χ0v) is 21.0. The van der Waals surface area contributed by atoms with E-state index in [1.54, 1.807) is 6.92 Å². The van der Waals surface area contributed by atoms with Crippen LogP contribution in [0.2, 0.25) is 0 Å². The number of aromatic nitrogens is 2. The molecule has 34 heavy (non-hydrogen) atoms. The van der Waals surface area contributed by atoms with Crippen LogP contribution in [0.5, 0.6) is 0 Å². The monoisotopic (exact) mass is 577 g/mol. The van der Waals surface area contributed by atoms with Gasteiger partial charge in [-0.3, -0.25) is 10.1 Å². The van der Waals surface area contributed by atoms with E-state index in [0.717, 1.165) is 36.2 Å². The van der Waals surface area contributed by atoms with Crippen molar-refractivity contribution >= 4 is 82.2 Å². The summed E-state index contributed by atoms with van der Waals surface area (Å²) in [7, 11) is 0. The number of aryl methyl sites for hydroxylation is 1. The van der Waals surface area contributed by atoms with Crippen LogP contribution in [0.3, 0.4) is 0 Å². The largest absolute Gasteiger partial charge is 0.334 e. The fraction of sp³-hybridized carbons (Fsp3) is 0.0400. The van der Waals surface area contributed by atoms with Crippen molar-refractivity contribution < 1.29 is 4.92 Å². The molecule has 0 aliphatic rings. The zero-order chi connectivity index (χ0) is 23.8. The zero-order valence-electron chi connectivity index (χ0n) is 17.8. The molecule has 0 spiro atoms. The van der Waals surface area contributed by atoms with Crippen LogP contribution in [0.1, 0.15) is 5.69 Å². The number of fused-ring (bicyclic) bond motifs is 2. The number of rotatable bonds is 5. The van der Waals surface area contributed by atoms with Gasteiger partial charge in [0.05, 0.1) is 4.92 Å². The van der Waals surface area contributed by atoms with Gasteiger partial charge in [0.25, 0.3) is 0 Å². The highest BCUT2D eigenvalue weighted by molar-refractivity contribution is 9.11. The van der Waals surface area contributed by atoms with E-state index in [-0.39, 0.29) is 23.1 Å². The molecule has 7 nitrogen and oxygen atoms in total. The Kier molecular flexibility index (Phi) is 5.89. The molecule has 0 saturated carbocycles. The standard InChI is InChI=1S/C25H17Br2N5O2/c1-14-23(32(33)34)24(29-21-12-10-19(26)15-6-2-4-8-17(15)21)31-25(28-14)30-22-13-11-20(27)16-7-3-5-9-18(16)22/h2-13H,1H3,(H2,28,29,30,31). The fourth-order valence-corrected chi connectivity index (χ4v) is 4.88. The summed E-state index contributed by atoms with van der Waals surface area (Å²) in [5.74, 6) is 0.383. The van der Waals surface area contributed by atoms with Crippen LogP contribution >= 0.6 is 31.9 Å². The number of anilines is 4. The molecule has 2 N–H and O–H groups in total. The highest BCUT2D eigenvalue weighted by Gasteiger charge is 2.23. The molecule has 5 aromatic rings. The van der Waals surface area contributed by atoms with Gasteiger partial charge in [0, 0.05) is 31.1 Å². The summed E-state index contributed by atoms with van der Waals surface area (Å²) in [6.07, 6.45) is 0. The van der Waals surface area contributed by atoms with Gasteiger partial charge in [-0.2, -0.15) is 4.98 Å². The molecule has 0 atom stereocenters. The van der Waals surface area contributed by atoms with Crippen molar-refractivity contribution in [2.45, 2.75) is 6.92 Å². The maximum absolute atomic E-state index is 11.9. The lowest BCUT2D eigenvalue weighted by molar-refractivity contribution is -0.385. The molecule has 168 valence electrons. The van der Waals surface area contributed by atoms with E-state index in [1.165, 1.54) is 0 Å². The van der Waals surface area contributed by atoms with Crippen molar-refractivity contribution in [3.8, 4) is 0 Å². The number of nitro groups is 1. The normalized spacial score (nSPS) is 11.0. The summed E-state index contributed by atoms with van der Waals surface area (Å²) in [4.78, 5) is 20.3.